The molecule has 1 radical (unpaired) electrons. The van der Waals surface area contributed by atoms with Gasteiger partial charge in [0.2, 0.25) is 0 Å². The molecule has 86 heavy (non-hydrogen) atoms. The molecule has 0 atom stereocenters. The molecule has 403 valence electrons. The minimum atomic E-state index is -2.62. The Hall–Kier alpha value is -7.63. The number of aliphatic imine (C=N–C) groups is 4. The second-order valence-electron chi connectivity index (χ2n) is 22.0. The van der Waals surface area contributed by atoms with E-state index >= 15 is 0 Å². The number of rotatable bonds is 10. The third kappa shape index (κ3) is 9.27. The average molecular weight is 1240 g/mol. The van der Waals surface area contributed by atoms with Gasteiger partial charge in [-0.3, -0.25) is 0 Å². The van der Waals surface area contributed by atoms with Gasteiger partial charge in [-0.1, -0.05) is 0 Å². The molecule has 0 unspecified atom stereocenters. The molecule has 10 aromatic carbocycles. The molecule has 0 saturated heterocycles. The van der Waals surface area contributed by atoms with Gasteiger partial charge in [0.25, 0.3) is 0 Å². The van der Waals surface area contributed by atoms with Crippen LogP contribution in [0.1, 0.15) is 93.6 Å². The van der Waals surface area contributed by atoms with Crippen molar-refractivity contribution in [1.82, 2.24) is 5.11 Å². The summed E-state index contributed by atoms with van der Waals surface area (Å²) in [6.07, 6.45) is 6.24. The quantitative estimate of drug-likeness (QED) is 0.174. The van der Waals surface area contributed by atoms with Gasteiger partial charge in [0, 0.05) is 0 Å². The zero-order valence-electron chi connectivity index (χ0n) is 47.7. The van der Waals surface area contributed by atoms with Crippen molar-refractivity contribution in [2.75, 3.05) is 0 Å². The fourth-order valence-electron chi connectivity index (χ4n) is 12.9. The van der Waals surface area contributed by atoms with Gasteiger partial charge in [0.05, 0.1) is 0 Å². The minimum Gasteiger partial charge on any atom is -0.412 e. The molecule has 2 N–H and O–H groups in total. The molecule has 0 fully saturated rings. The van der Waals surface area contributed by atoms with Crippen molar-refractivity contribution in [3.8, 4) is 22.3 Å². The zero-order chi connectivity index (χ0) is 55.8. The number of hydrogen-bond donors (Lipinski definition) is 0. The molecular weight excluding hydrogens is 1190 g/mol. The van der Waals surface area contributed by atoms with Crippen LogP contribution in [0.5, 0.6) is 0 Å². The van der Waals surface area contributed by atoms with Crippen molar-refractivity contribution in [1.29, 1.82) is 0 Å². The van der Waals surface area contributed by atoms with E-state index in [-0.39, 0.29) is 75.7 Å². The summed E-state index contributed by atoms with van der Waals surface area (Å²) < 4.78 is 4.69. The fraction of sp³-hybridized carbons (Fsp3) is 0.114. The van der Waals surface area contributed by atoms with Crippen LogP contribution in [0.4, 0.5) is 11.6 Å². The monoisotopic (exact) mass is 1240 g/mol. The second-order valence-corrected chi connectivity index (χ2v) is 25.6. The van der Waals surface area contributed by atoms with Crippen molar-refractivity contribution in [3.63, 3.8) is 0 Å². The predicted molar refractivity (Wildman–Crippen MR) is 331 cm³/mol. The molecule has 16 heteroatoms. The second kappa shape index (κ2) is 22.6. The van der Waals surface area contributed by atoms with Gasteiger partial charge in [-0.2, -0.15) is 0 Å². The molecular formula is C70H48InN8Na2O5. The first-order valence-electron chi connectivity index (χ1n) is 28.3. The number of carboxylic acid groups (broad SMARTS) is 2. The molecule has 4 aliphatic heterocycles. The Bertz CT molecular complexity index is 5230. The summed E-state index contributed by atoms with van der Waals surface area (Å²) in [6, 6.07) is 57.0. The minimum absolute atomic E-state index is 0. The van der Waals surface area contributed by atoms with E-state index in [9.17, 15) is 19.8 Å². The van der Waals surface area contributed by atoms with Crippen LogP contribution in [0.3, 0.4) is 0 Å². The fourth-order valence-corrected chi connectivity index (χ4v) is 17.0. The van der Waals surface area contributed by atoms with E-state index in [1.54, 1.807) is 24.3 Å². The van der Waals surface area contributed by atoms with Crippen LogP contribution in [0.25, 0.3) is 86.9 Å². The maximum absolute atomic E-state index is 12.5. The largest absolute Gasteiger partial charge is 1.00 e. The van der Waals surface area contributed by atoms with E-state index in [1.165, 1.54) is 11.1 Å². The van der Waals surface area contributed by atoms with E-state index in [0.29, 0.717) is 56.7 Å². The number of fused-ring (bicyclic) bond motifs is 18. The van der Waals surface area contributed by atoms with Gasteiger partial charge in [0.1, 0.15) is 0 Å². The maximum atomic E-state index is 12.5. The Morgan fingerprint density at radius 3 is 1.34 bits per heavy atom. The Morgan fingerprint density at radius 2 is 0.837 bits per heavy atom. The number of unbranched alkanes of at least 4 members (excludes halogenated alkanes) is 2. The molecule has 0 saturated carbocycles. The maximum Gasteiger partial charge on any atom is 1.00 e. The summed E-state index contributed by atoms with van der Waals surface area (Å²) in [7, 11) is 0. The summed E-state index contributed by atoms with van der Waals surface area (Å²) in [5, 5.41) is 36.0. The summed E-state index contributed by atoms with van der Waals surface area (Å²) in [6.45, 7) is 4.43. The van der Waals surface area contributed by atoms with Gasteiger partial charge in [0.15, 0.2) is 0 Å². The number of aryl methyl sites for hydroxylation is 2. The molecule has 6 heterocycles. The van der Waals surface area contributed by atoms with Crippen molar-refractivity contribution in [3.05, 3.63) is 225 Å². The van der Waals surface area contributed by atoms with Gasteiger partial charge in [-0.15, -0.1) is 0 Å². The van der Waals surface area contributed by atoms with Gasteiger partial charge < -0.3 is 5.48 Å². The third-order valence-electron chi connectivity index (χ3n) is 16.9. The van der Waals surface area contributed by atoms with Crippen molar-refractivity contribution < 1.29 is 84.4 Å². The Balaban J connectivity index is 0.00000229. The van der Waals surface area contributed by atoms with E-state index < -0.39 is 35.4 Å². The summed E-state index contributed by atoms with van der Waals surface area (Å²) in [4.78, 5) is 59.3. The van der Waals surface area contributed by atoms with Crippen LogP contribution < -0.4 is 80.3 Å². The Labute approximate surface area is 549 Å². The number of nitrogens with zero attached hydrogens (tertiary/aromatic N) is 8. The summed E-state index contributed by atoms with van der Waals surface area (Å²) in [5.74, 6) is 0.709. The van der Waals surface area contributed by atoms with Gasteiger partial charge >= 0.3 is 549 Å². The van der Waals surface area contributed by atoms with Crippen LogP contribution in [-0.2, 0) is 12.8 Å². The number of carbonyl (C=O) groups excluding carboxylic acids is 2. The van der Waals surface area contributed by atoms with Crippen molar-refractivity contribution in [2.24, 2.45) is 30.0 Å². The summed E-state index contributed by atoms with van der Waals surface area (Å²) in [5.41, 5.74) is 10.6. The molecule has 12 aromatic rings. The molecule has 0 aliphatic carbocycles. The van der Waals surface area contributed by atoms with Crippen LogP contribution >= 0.6 is 0 Å². The van der Waals surface area contributed by atoms with Crippen LogP contribution in [0.15, 0.2) is 200 Å². The SMILES string of the molecule is CCCCc1ccc2cc3c4[n]5c(c3cc2c1)N=C1N=C(N=c2c3cc6ccc(CCCC)cc6cc3c([n]2[In]5)=NC2=NC(=N4)c3c2cc2cc(C(=O)[O-])ccc2c3-c2ccccc2)c2c1cc1cc(C(=O)[O-])ccc1c2-c1ccccc1.O.[Na+].[Na+]. The normalized spacial score (nSPS) is 13.3. The molecule has 6 bridgehead atoms. The first-order valence-corrected chi connectivity index (χ1v) is 31.2. The molecule has 4 aliphatic rings. The zero-order valence-corrected chi connectivity index (χ0v) is 55.0. The van der Waals surface area contributed by atoms with Gasteiger partial charge in [-0.05, 0) is 0 Å². The smallest absolute Gasteiger partial charge is 0.412 e. The summed E-state index contributed by atoms with van der Waals surface area (Å²) >= 11 is -2.62. The van der Waals surface area contributed by atoms with Crippen LogP contribution in [-0.4, -0.2) is 69.3 Å². The molecule has 2 aromatic heterocycles. The number of benzene rings is 10. The Kier molecular flexibility index (Phi) is 15.1. The Morgan fingerprint density at radius 1 is 0.407 bits per heavy atom. The number of amidine groups is 4. The van der Waals surface area contributed by atoms with Crippen molar-refractivity contribution >= 4 is 135 Å². The van der Waals surface area contributed by atoms with E-state index in [2.05, 4.69) is 104 Å². The number of aromatic carboxylic acids is 2. The van der Waals surface area contributed by atoms with Gasteiger partial charge in [-0.25, -0.2) is 0 Å². The molecule has 16 rings (SSSR count). The van der Waals surface area contributed by atoms with E-state index in [4.69, 9.17) is 30.0 Å². The number of aromatic nitrogens is 2. The average Bonchev–Trinajstić information content (AvgIpc) is 1.57. The first kappa shape index (κ1) is 57.4. The number of hydrogen-bond acceptors (Lipinski definition) is 10. The standard InChI is InChI=1S/C70H50N8O4.In.2Na.H2O/c1-3-5-13-37-19-21-41-31-51-53(33-45(41)27-37)61-71-63(51)75-67-60-56(36-48-30-44(70(81)82)24-26-50(48)58(60)40-17-11-8-12-18-40)66(78-67)74-62-54-34-46-28-38(14-6-4-2)20-22-42(46)32-52(54)64(72-62)76-68-59-55(65(73-61)77-68)35-47-29-43(69(79)80)23-25-49(47)57(59)39-15-9-7-10-16-39;;;;/h7-12,15-36H,3-6,13-14H2,1-2H3,(H4,71,72,73,74,75,76,77,78,79,80,81,82);;;;1H2/q;+2;2*+1;/p-4. The van der Waals surface area contributed by atoms with Crippen molar-refractivity contribution in [2.45, 2.75) is 52.4 Å². The van der Waals surface area contributed by atoms with E-state index in [1.807, 2.05) is 60.7 Å². The number of carboxylic acids is 2. The molecule has 0 amide bonds. The molecule has 0 spiro atoms. The predicted octanol–water partition coefficient (Wildman–Crippen LogP) is 5.01. The van der Waals surface area contributed by atoms with E-state index in [0.717, 1.165) is 137 Å². The van der Waals surface area contributed by atoms with Crippen LogP contribution in [0, 0.1) is 0 Å². The third-order valence-corrected chi connectivity index (χ3v) is 21.0. The first-order chi connectivity index (χ1) is 40.7. The molecule has 13 nitrogen and oxygen atoms in total. The number of carbonyl (C=O) groups is 2. The topological polar surface area (TPSA) is 196 Å². The van der Waals surface area contributed by atoms with Crippen LogP contribution in [0.2, 0.25) is 0 Å².